The average Bonchev–Trinajstić information content (AvgIpc) is 3.38. The number of hydrogen-bond acceptors (Lipinski definition) is 11. The topological polar surface area (TPSA) is 163 Å². The number of azide groups is 1. The summed E-state index contributed by atoms with van der Waals surface area (Å²) in [5.74, 6) is 0. The molecule has 67 heavy (non-hydrogen) atoms. The van der Waals surface area contributed by atoms with Gasteiger partial charge >= 0.3 is 0 Å². The number of benzene rings is 6. The zero-order chi connectivity index (χ0) is 46.0. The monoisotopic (exact) mass is 907 g/mol. The molecule has 5 unspecified atom stereocenters. The molecular formula is C54H57N3O10. The molecule has 1 aliphatic carbocycles. The number of ether oxygens (including phenoxy) is 8. The minimum absolute atomic E-state index is 0.0321. The van der Waals surface area contributed by atoms with Gasteiger partial charge in [-0.15, -0.1) is 0 Å². The Morgan fingerprint density at radius 3 is 1.15 bits per heavy atom. The summed E-state index contributed by atoms with van der Waals surface area (Å²) >= 11 is 0. The van der Waals surface area contributed by atoms with Crippen molar-refractivity contribution < 1.29 is 48.1 Å². The predicted molar refractivity (Wildman–Crippen MR) is 250 cm³/mol. The van der Waals surface area contributed by atoms with Crippen molar-refractivity contribution in [1.82, 2.24) is 0 Å². The molecule has 13 heteroatoms. The molecule has 2 fully saturated rings. The van der Waals surface area contributed by atoms with Gasteiger partial charge in [0.1, 0.15) is 61.0 Å². The van der Waals surface area contributed by atoms with Crippen LogP contribution in [0.15, 0.2) is 187 Å². The fourth-order valence-corrected chi connectivity index (χ4v) is 8.45. The predicted octanol–water partition coefficient (Wildman–Crippen LogP) is 8.65. The van der Waals surface area contributed by atoms with Gasteiger partial charge in [-0.3, -0.25) is 0 Å². The maximum atomic E-state index is 12.3. The van der Waals surface area contributed by atoms with Gasteiger partial charge in [0, 0.05) is 4.91 Å². The summed E-state index contributed by atoms with van der Waals surface area (Å²) in [5.41, 5.74) is 15.6. The smallest absolute Gasteiger partial charge is 0.169 e. The Labute approximate surface area is 391 Å². The molecule has 6 aromatic carbocycles. The highest BCUT2D eigenvalue weighted by Crippen LogP contribution is 2.37. The van der Waals surface area contributed by atoms with Crippen LogP contribution >= 0.6 is 0 Å². The minimum atomic E-state index is -1.60. The SMILES string of the molecule is [N-]=[N+]=NC1[C@H](O[C@H]2C(O)[C@H](O)C(OCc3ccccc3)C(OCc3ccccc3)[C@@H]2OCc2ccccc2)OC(COCc2ccccc2)[C@H](OCc2ccccc2)[C@@H]1OCc1ccccc1. The van der Waals surface area contributed by atoms with Gasteiger partial charge in [0.05, 0.1) is 46.2 Å². The van der Waals surface area contributed by atoms with Crippen molar-refractivity contribution in [2.75, 3.05) is 6.61 Å². The first-order valence-corrected chi connectivity index (χ1v) is 22.6. The van der Waals surface area contributed by atoms with E-state index in [-0.39, 0.29) is 46.2 Å². The Bertz CT molecular complexity index is 2370. The standard InChI is InChI=1S/C54H57N3O10/c55-57-56-45-49(62-33-40-23-11-3-12-24-40)48(61-32-39-21-9-2-10-22-39)44(37-60-31-38-19-7-1-8-20-38)66-54(45)67-51-47(59)46(58)50(63-34-41-25-13-4-14-26-41)52(64-35-42-27-15-5-16-28-42)53(51)65-36-43-29-17-6-18-30-43/h1-30,44-54,58-59H,31-37H2/t44?,45?,46-,47?,48-,49+,50?,51-,52?,53+,54-/m0/s1. The van der Waals surface area contributed by atoms with Gasteiger partial charge in [-0.1, -0.05) is 187 Å². The van der Waals surface area contributed by atoms with E-state index < -0.39 is 67.3 Å². The average molecular weight is 908 g/mol. The van der Waals surface area contributed by atoms with Crippen molar-refractivity contribution in [3.63, 3.8) is 0 Å². The first-order valence-electron chi connectivity index (χ1n) is 22.6. The van der Waals surface area contributed by atoms with E-state index in [1.54, 1.807) is 0 Å². The van der Waals surface area contributed by atoms with Gasteiger partial charge in [-0.25, -0.2) is 0 Å². The molecule has 1 saturated heterocycles. The van der Waals surface area contributed by atoms with Crippen LogP contribution in [0.4, 0.5) is 0 Å². The maximum absolute atomic E-state index is 12.3. The molecule has 1 heterocycles. The Kier molecular flexibility index (Phi) is 17.7. The van der Waals surface area contributed by atoms with Crippen LogP contribution in [0.5, 0.6) is 0 Å². The molecule has 0 bridgehead atoms. The van der Waals surface area contributed by atoms with E-state index in [0.29, 0.717) is 0 Å². The van der Waals surface area contributed by atoms with Crippen molar-refractivity contribution >= 4 is 0 Å². The van der Waals surface area contributed by atoms with Crippen LogP contribution in [-0.4, -0.2) is 84.1 Å². The second kappa shape index (κ2) is 24.8. The molecule has 11 atom stereocenters. The fourth-order valence-electron chi connectivity index (χ4n) is 8.45. The molecule has 6 aromatic rings. The summed E-state index contributed by atoms with van der Waals surface area (Å²) in [7, 11) is 0. The minimum Gasteiger partial charge on any atom is -0.387 e. The van der Waals surface area contributed by atoms with Crippen molar-refractivity contribution in [2.24, 2.45) is 5.11 Å². The summed E-state index contributed by atoms with van der Waals surface area (Å²) < 4.78 is 53.5. The molecule has 8 rings (SSSR count). The van der Waals surface area contributed by atoms with Gasteiger partial charge in [0.15, 0.2) is 6.29 Å². The molecule has 0 spiro atoms. The summed E-state index contributed by atoms with van der Waals surface area (Å²) in [6.07, 6.45) is -11.6. The van der Waals surface area contributed by atoms with Gasteiger partial charge in [-0.2, -0.15) is 0 Å². The third-order valence-corrected chi connectivity index (χ3v) is 11.9. The second-order valence-electron chi connectivity index (χ2n) is 16.6. The highest BCUT2D eigenvalue weighted by Gasteiger charge is 2.56. The summed E-state index contributed by atoms with van der Waals surface area (Å²) in [6.45, 7) is 1.00. The van der Waals surface area contributed by atoms with E-state index in [0.717, 1.165) is 33.4 Å². The van der Waals surface area contributed by atoms with E-state index in [9.17, 15) is 15.7 Å². The lowest BCUT2D eigenvalue weighted by Gasteiger charge is -2.50. The van der Waals surface area contributed by atoms with E-state index >= 15 is 0 Å². The lowest BCUT2D eigenvalue weighted by Crippen LogP contribution is -2.68. The Morgan fingerprint density at radius 2 is 0.746 bits per heavy atom. The first-order chi connectivity index (χ1) is 33.0. The zero-order valence-corrected chi connectivity index (χ0v) is 37.1. The molecular weight excluding hydrogens is 851 g/mol. The summed E-state index contributed by atoms with van der Waals surface area (Å²) in [5, 5.41) is 28.7. The van der Waals surface area contributed by atoms with E-state index in [2.05, 4.69) is 10.0 Å². The molecule has 13 nitrogen and oxygen atoms in total. The molecule has 1 aliphatic heterocycles. The number of aliphatic hydroxyl groups excluding tert-OH is 2. The van der Waals surface area contributed by atoms with Crippen LogP contribution in [-0.2, 0) is 77.5 Å². The third-order valence-electron chi connectivity index (χ3n) is 11.9. The molecule has 1 saturated carbocycles. The van der Waals surface area contributed by atoms with Crippen LogP contribution in [0, 0.1) is 0 Å². The summed E-state index contributed by atoms with van der Waals surface area (Å²) in [4.78, 5) is 3.27. The fraction of sp³-hybridized carbons (Fsp3) is 0.333. The molecule has 0 aromatic heterocycles. The van der Waals surface area contributed by atoms with Crippen molar-refractivity contribution in [2.45, 2.75) is 107 Å². The van der Waals surface area contributed by atoms with Gasteiger partial charge in [0.25, 0.3) is 0 Å². The van der Waals surface area contributed by atoms with Crippen molar-refractivity contribution in [3.8, 4) is 0 Å². The molecule has 348 valence electrons. The van der Waals surface area contributed by atoms with Crippen LogP contribution < -0.4 is 0 Å². The van der Waals surface area contributed by atoms with E-state index in [1.807, 2.05) is 182 Å². The van der Waals surface area contributed by atoms with Crippen molar-refractivity contribution in [3.05, 3.63) is 226 Å². The Balaban J connectivity index is 1.15. The van der Waals surface area contributed by atoms with Gasteiger partial charge < -0.3 is 48.1 Å². The number of hydrogen-bond donors (Lipinski definition) is 2. The maximum Gasteiger partial charge on any atom is 0.169 e. The Morgan fingerprint density at radius 1 is 0.418 bits per heavy atom. The van der Waals surface area contributed by atoms with Gasteiger partial charge in [-0.05, 0) is 38.9 Å². The van der Waals surface area contributed by atoms with Crippen LogP contribution in [0.1, 0.15) is 33.4 Å². The van der Waals surface area contributed by atoms with Gasteiger partial charge in [0.2, 0.25) is 0 Å². The number of aliphatic hydroxyl groups is 2. The van der Waals surface area contributed by atoms with Crippen molar-refractivity contribution in [1.29, 1.82) is 0 Å². The molecule has 0 radical (unpaired) electrons. The Hall–Kier alpha value is -5.77. The highest BCUT2D eigenvalue weighted by molar-refractivity contribution is 5.19. The van der Waals surface area contributed by atoms with E-state index in [4.69, 9.17) is 37.9 Å². The van der Waals surface area contributed by atoms with E-state index in [1.165, 1.54) is 0 Å². The molecule has 0 amide bonds. The highest BCUT2D eigenvalue weighted by atomic mass is 16.7. The number of nitrogens with zero attached hydrogens (tertiary/aromatic N) is 3. The van der Waals surface area contributed by atoms with Crippen LogP contribution in [0.3, 0.4) is 0 Å². The van der Waals surface area contributed by atoms with Crippen LogP contribution in [0.2, 0.25) is 0 Å². The lowest BCUT2D eigenvalue weighted by atomic mass is 9.83. The largest absolute Gasteiger partial charge is 0.387 e. The second-order valence-corrected chi connectivity index (χ2v) is 16.6. The third kappa shape index (κ3) is 13.2. The van der Waals surface area contributed by atoms with Crippen LogP contribution in [0.25, 0.3) is 10.4 Å². The lowest BCUT2D eigenvalue weighted by molar-refractivity contribution is -0.335. The quantitative estimate of drug-likeness (QED) is 0.0383. The first kappa shape index (κ1) is 47.7. The molecule has 2 N–H and O–H groups in total. The number of rotatable bonds is 22. The zero-order valence-electron chi connectivity index (χ0n) is 37.1. The molecule has 2 aliphatic rings. The summed E-state index contributed by atoms with van der Waals surface area (Å²) in [6, 6.07) is 56.7. The normalized spacial score (nSPS) is 26.1.